The molecule has 1 N–H and O–H groups in total. The fourth-order valence-electron chi connectivity index (χ4n) is 1.81. The maximum atomic E-state index is 9.67. The second-order valence-corrected chi connectivity index (χ2v) is 4.57. The molecule has 0 unspecified atom stereocenters. The number of rotatable bonds is 4. The van der Waals surface area contributed by atoms with Gasteiger partial charge in [0.2, 0.25) is 0 Å². The van der Waals surface area contributed by atoms with Crippen molar-refractivity contribution in [2.45, 2.75) is 44.6 Å². The van der Waals surface area contributed by atoms with Crippen LogP contribution in [-0.2, 0) is 4.74 Å². The molecule has 0 amide bonds. The van der Waals surface area contributed by atoms with E-state index in [1.54, 1.807) is 0 Å². The van der Waals surface area contributed by atoms with E-state index < -0.39 is 0 Å². The van der Waals surface area contributed by atoms with Crippen molar-refractivity contribution >= 4 is 0 Å². The van der Waals surface area contributed by atoms with E-state index in [4.69, 9.17) is 4.74 Å². The fourth-order valence-corrected chi connectivity index (χ4v) is 1.81. The van der Waals surface area contributed by atoms with E-state index in [1.165, 1.54) is 6.42 Å². The summed E-state index contributed by atoms with van der Waals surface area (Å²) in [7, 11) is 0. The summed E-state index contributed by atoms with van der Waals surface area (Å²) in [6.45, 7) is 4.05. The topological polar surface area (TPSA) is 29.5 Å². The fraction of sp³-hybridized carbons (Fsp3) is 1.00. The van der Waals surface area contributed by atoms with E-state index in [9.17, 15) is 5.11 Å². The lowest BCUT2D eigenvalue weighted by Crippen LogP contribution is -2.42. The monoisotopic (exact) mass is 170 g/mol. The van der Waals surface area contributed by atoms with Gasteiger partial charge in [-0.25, -0.2) is 0 Å². The minimum absolute atomic E-state index is 0.266. The van der Waals surface area contributed by atoms with Crippen LogP contribution >= 0.6 is 0 Å². The molecule has 70 valence electrons. The normalized spacial score (nSPS) is 29.5. The molecule has 1 aliphatic carbocycles. The highest BCUT2D eigenvalue weighted by Gasteiger charge is 2.44. The lowest BCUT2D eigenvalue weighted by Gasteiger charge is -2.41. The molecular weight excluding hydrogens is 152 g/mol. The van der Waals surface area contributed by atoms with Gasteiger partial charge in [0.05, 0.1) is 18.8 Å². The predicted molar refractivity (Wildman–Crippen MR) is 47.0 cm³/mol. The molecule has 0 aromatic heterocycles. The van der Waals surface area contributed by atoms with Gasteiger partial charge in [-0.1, -0.05) is 6.92 Å². The van der Waals surface area contributed by atoms with E-state index >= 15 is 0 Å². The molecule has 2 nitrogen and oxygen atoms in total. The number of hydrogen-bond donors (Lipinski definition) is 1. The Bertz CT molecular complexity index is 163. The van der Waals surface area contributed by atoms with Crippen molar-refractivity contribution in [1.29, 1.82) is 0 Å². The summed E-state index contributed by atoms with van der Waals surface area (Å²) in [4.78, 5) is 0. The molecule has 0 spiro atoms. The van der Waals surface area contributed by atoms with E-state index in [0.29, 0.717) is 5.41 Å². The third-order valence-corrected chi connectivity index (χ3v) is 3.51. The first-order valence-corrected chi connectivity index (χ1v) is 4.98. The molecule has 0 aromatic rings. The maximum absolute atomic E-state index is 9.67. The summed E-state index contributed by atoms with van der Waals surface area (Å²) in [5.74, 6) is 0. The minimum atomic E-state index is -0.266. The second kappa shape index (κ2) is 2.71. The number of ether oxygens (including phenoxy) is 1. The van der Waals surface area contributed by atoms with E-state index in [2.05, 4.69) is 6.92 Å². The zero-order valence-corrected chi connectivity index (χ0v) is 7.81. The molecule has 0 bridgehead atoms. The van der Waals surface area contributed by atoms with Crippen LogP contribution in [0, 0.1) is 5.41 Å². The summed E-state index contributed by atoms with van der Waals surface area (Å²) in [5.41, 5.74) is 0.163. The standard InChI is InChI=1S/C10H18O2/c1-2-9(7-12-8-9)3-4-10(11)5-6-10/h11H,2-8H2,1H3. The van der Waals surface area contributed by atoms with Crippen molar-refractivity contribution in [2.75, 3.05) is 13.2 Å². The van der Waals surface area contributed by atoms with Crippen molar-refractivity contribution < 1.29 is 9.84 Å². The van der Waals surface area contributed by atoms with Gasteiger partial charge in [0.1, 0.15) is 0 Å². The molecular formula is C10H18O2. The average Bonchev–Trinajstić information content (AvgIpc) is 2.68. The Kier molecular flexibility index (Phi) is 1.92. The molecule has 1 heterocycles. The Morgan fingerprint density at radius 1 is 1.25 bits per heavy atom. The Hall–Kier alpha value is -0.0800. The van der Waals surface area contributed by atoms with Crippen molar-refractivity contribution in [2.24, 2.45) is 5.41 Å². The van der Waals surface area contributed by atoms with Crippen LogP contribution < -0.4 is 0 Å². The third-order valence-electron chi connectivity index (χ3n) is 3.51. The molecule has 2 aliphatic rings. The first-order valence-electron chi connectivity index (χ1n) is 4.98. The highest BCUT2D eigenvalue weighted by Crippen LogP contribution is 2.45. The molecule has 2 heteroatoms. The van der Waals surface area contributed by atoms with Gasteiger partial charge in [0.15, 0.2) is 0 Å². The van der Waals surface area contributed by atoms with Crippen LogP contribution in [0.2, 0.25) is 0 Å². The lowest BCUT2D eigenvalue weighted by atomic mass is 9.78. The predicted octanol–water partition coefficient (Wildman–Crippen LogP) is 1.72. The van der Waals surface area contributed by atoms with Crippen LogP contribution in [0.3, 0.4) is 0 Å². The van der Waals surface area contributed by atoms with Gasteiger partial charge in [-0.3, -0.25) is 0 Å². The van der Waals surface area contributed by atoms with Gasteiger partial charge in [-0.15, -0.1) is 0 Å². The maximum Gasteiger partial charge on any atom is 0.0650 e. The van der Waals surface area contributed by atoms with Crippen molar-refractivity contribution in [1.82, 2.24) is 0 Å². The zero-order chi connectivity index (χ0) is 8.66. The third kappa shape index (κ3) is 1.50. The van der Waals surface area contributed by atoms with Crippen molar-refractivity contribution in [3.8, 4) is 0 Å². The highest BCUT2D eigenvalue weighted by molar-refractivity contribution is 4.96. The average molecular weight is 170 g/mol. The molecule has 2 fully saturated rings. The van der Waals surface area contributed by atoms with Crippen LogP contribution in [0.5, 0.6) is 0 Å². The molecule has 0 aromatic carbocycles. The van der Waals surface area contributed by atoms with Crippen LogP contribution in [0.25, 0.3) is 0 Å². The molecule has 1 saturated heterocycles. The highest BCUT2D eigenvalue weighted by atomic mass is 16.5. The van der Waals surface area contributed by atoms with Gasteiger partial charge in [0, 0.05) is 5.41 Å². The largest absolute Gasteiger partial charge is 0.390 e. The van der Waals surface area contributed by atoms with Crippen LogP contribution in [0.1, 0.15) is 39.0 Å². The van der Waals surface area contributed by atoms with Crippen LogP contribution in [-0.4, -0.2) is 23.9 Å². The Labute approximate surface area is 73.9 Å². The van der Waals surface area contributed by atoms with Crippen molar-refractivity contribution in [3.63, 3.8) is 0 Å². The minimum Gasteiger partial charge on any atom is -0.390 e. The van der Waals surface area contributed by atoms with Gasteiger partial charge in [0.25, 0.3) is 0 Å². The van der Waals surface area contributed by atoms with E-state index in [0.717, 1.165) is 38.9 Å². The summed E-state index contributed by atoms with van der Waals surface area (Å²) >= 11 is 0. The van der Waals surface area contributed by atoms with E-state index in [1.807, 2.05) is 0 Å². The smallest absolute Gasteiger partial charge is 0.0650 e. The molecule has 12 heavy (non-hydrogen) atoms. The Morgan fingerprint density at radius 3 is 2.25 bits per heavy atom. The Morgan fingerprint density at radius 2 is 1.92 bits per heavy atom. The summed E-state index contributed by atoms with van der Waals surface area (Å²) in [6.07, 6.45) is 5.38. The molecule has 2 rings (SSSR count). The van der Waals surface area contributed by atoms with Crippen molar-refractivity contribution in [3.05, 3.63) is 0 Å². The SMILES string of the molecule is CCC1(CCC2(O)CC2)COC1. The quantitative estimate of drug-likeness (QED) is 0.696. The summed E-state index contributed by atoms with van der Waals surface area (Å²) in [5, 5.41) is 9.67. The van der Waals surface area contributed by atoms with Gasteiger partial charge < -0.3 is 9.84 Å². The molecule has 1 aliphatic heterocycles. The van der Waals surface area contributed by atoms with Gasteiger partial charge in [-0.05, 0) is 32.1 Å². The number of hydrogen-bond acceptors (Lipinski definition) is 2. The number of aliphatic hydroxyl groups is 1. The molecule has 0 radical (unpaired) electrons. The van der Waals surface area contributed by atoms with E-state index in [-0.39, 0.29) is 5.60 Å². The molecule has 1 saturated carbocycles. The summed E-state index contributed by atoms with van der Waals surface area (Å²) in [6, 6.07) is 0. The summed E-state index contributed by atoms with van der Waals surface area (Å²) < 4.78 is 5.23. The zero-order valence-electron chi connectivity index (χ0n) is 7.81. The molecule has 0 atom stereocenters. The van der Waals surface area contributed by atoms with Crippen LogP contribution in [0.15, 0.2) is 0 Å². The first kappa shape index (κ1) is 8.52. The van der Waals surface area contributed by atoms with Gasteiger partial charge >= 0.3 is 0 Å². The van der Waals surface area contributed by atoms with Crippen LogP contribution in [0.4, 0.5) is 0 Å². The lowest BCUT2D eigenvalue weighted by molar-refractivity contribution is -0.124. The second-order valence-electron chi connectivity index (χ2n) is 4.57. The first-order chi connectivity index (χ1) is 5.68. The van der Waals surface area contributed by atoms with Gasteiger partial charge in [-0.2, -0.15) is 0 Å². The Balaban J connectivity index is 1.77.